The molecule has 84 valence electrons. The minimum absolute atomic E-state index is 0.649. The lowest BCUT2D eigenvalue weighted by atomic mass is 10.2. The molecule has 0 aliphatic carbocycles. The van der Waals surface area contributed by atoms with Crippen molar-refractivity contribution in [2.45, 2.75) is 39.8 Å². The Balaban J connectivity index is 2.47. The van der Waals surface area contributed by atoms with Crippen molar-refractivity contribution < 1.29 is 0 Å². The molecule has 1 atom stereocenters. The van der Waals surface area contributed by atoms with Gasteiger partial charge in [0.15, 0.2) is 0 Å². The molecule has 0 N–H and O–H groups in total. The first kappa shape index (κ1) is 12.0. The lowest BCUT2D eigenvalue weighted by Gasteiger charge is -2.45. The van der Waals surface area contributed by atoms with Crippen molar-refractivity contribution in [2.75, 3.05) is 33.2 Å². The molecule has 0 aromatic heterocycles. The van der Waals surface area contributed by atoms with E-state index in [9.17, 15) is 0 Å². The summed E-state index contributed by atoms with van der Waals surface area (Å²) < 4.78 is 0. The van der Waals surface area contributed by atoms with E-state index in [1.165, 1.54) is 19.6 Å². The maximum absolute atomic E-state index is 2.56. The Morgan fingerprint density at radius 2 is 2.00 bits per heavy atom. The molecule has 3 heteroatoms. The molecule has 1 fully saturated rings. The minimum Gasteiger partial charge on any atom is -0.298 e. The van der Waals surface area contributed by atoms with Crippen LogP contribution in [0.15, 0.2) is 0 Å². The van der Waals surface area contributed by atoms with Crippen LogP contribution in [-0.4, -0.2) is 60.2 Å². The van der Waals surface area contributed by atoms with E-state index in [1.54, 1.807) is 0 Å². The van der Waals surface area contributed by atoms with E-state index >= 15 is 0 Å². The fourth-order valence-corrected chi connectivity index (χ4v) is 2.13. The van der Waals surface area contributed by atoms with E-state index in [0.717, 1.165) is 6.54 Å². The van der Waals surface area contributed by atoms with E-state index in [2.05, 4.69) is 49.7 Å². The van der Waals surface area contributed by atoms with E-state index in [4.69, 9.17) is 0 Å². The summed E-state index contributed by atoms with van der Waals surface area (Å²) in [6, 6.07) is 1.34. The van der Waals surface area contributed by atoms with Crippen LogP contribution in [0.1, 0.15) is 27.7 Å². The molecule has 0 spiro atoms. The smallest absolute Gasteiger partial charge is 0.0345 e. The zero-order valence-corrected chi connectivity index (χ0v) is 10.3. The quantitative estimate of drug-likeness (QED) is 0.678. The van der Waals surface area contributed by atoms with Crippen LogP contribution in [0.2, 0.25) is 0 Å². The van der Waals surface area contributed by atoms with Crippen LogP contribution in [0.3, 0.4) is 0 Å². The lowest BCUT2D eigenvalue weighted by molar-refractivity contribution is -0.0760. The Morgan fingerprint density at radius 1 is 1.36 bits per heavy atom. The van der Waals surface area contributed by atoms with Gasteiger partial charge in [-0.25, -0.2) is 10.0 Å². The Kier molecular flexibility index (Phi) is 4.35. The van der Waals surface area contributed by atoms with Crippen molar-refractivity contribution in [3.63, 3.8) is 0 Å². The fourth-order valence-electron chi connectivity index (χ4n) is 2.13. The van der Waals surface area contributed by atoms with Crippen molar-refractivity contribution in [1.29, 1.82) is 0 Å². The van der Waals surface area contributed by atoms with E-state index in [0.29, 0.717) is 12.1 Å². The molecule has 1 aliphatic heterocycles. The van der Waals surface area contributed by atoms with Gasteiger partial charge >= 0.3 is 0 Å². The number of piperazine rings is 1. The van der Waals surface area contributed by atoms with E-state index in [-0.39, 0.29) is 0 Å². The van der Waals surface area contributed by atoms with Crippen LogP contribution < -0.4 is 0 Å². The first-order valence-corrected chi connectivity index (χ1v) is 5.78. The zero-order valence-electron chi connectivity index (χ0n) is 10.3. The lowest BCUT2D eigenvalue weighted by Crippen LogP contribution is -2.58. The van der Waals surface area contributed by atoms with Crippen LogP contribution in [0.4, 0.5) is 0 Å². The van der Waals surface area contributed by atoms with Crippen LogP contribution >= 0.6 is 0 Å². The largest absolute Gasteiger partial charge is 0.298 e. The standard InChI is InChI=1S/C11H25N3/c1-6-12(5)14-8-7-13(10(2)3)9-11(14)4/h10-11H,6-9H2,1-5H3/t11-/m0/s1. The topological polar surface area (TPSA) is 9.72 Å². The highest BCUT2D eigenvalue weighted by Crippen LogP contribution is 2.13. The van der Waals surface area contributed by atoms with Gasteiger partial charge in [-0.3, -0.25) is 4.90 Å². The summed E-state index contributed by atoms with van der Waals surface area (Å²) in [7, 11) is 2.18. The Morgan fingerprint density at radius 3 is 2.43 bits per heavy atom. The molecule has 0 bridgehead atoms. The van der Waals surface area contributed by atoms with Crippen LogP contribution in [0.5, 0.6) is 0 Å². The van der Waals surface area contributed by atoms with Crippen LogP contribution in [0.25, 0.3) is 0 Å². The maximum Gasteiger partial charge on any atom is 0.0345 e. The molecule has 0 saturated carbocycles. The second-order valence-corrected chi connectivity index (χ2v) is 4.57. The normalized spacial score (nSPS) is 26.4. The van der Waals surface area contributed by atoms with Gasteiger partial charge in [-0.2, -0.15) is 0 Å². The first-order valence-electron chi connectivity index (χ1n) is 5.78. The third kappa shape index (κ3) is 2.69. The van der Waals surface area contributed by atoms with Crippen molar-refractivity contribution >= 4 is 0 Å². The molecule has 3 nitrogen and oxygen atoms in total. The monoisotopic (exact) mass is 199 g/mol. The number of hydrogen-bond acceptors (Lipinski definition) is 3. The van der Waals surface area contributed by atoms with Gasteiger partial charge in [0.05, 0.1) is 0 Å². The summed E-state index contributed by atoms with van der Waals surface area (Å²) >= 11 is 0. The Labute approximate surface area is 88.6 Å². The summed E-state index contributed by atoms with van der Waals surface area (Å²) in [4.78, 5) is 2.56. The minimum atomic E-state index is 0.649. The highest BCUT2D eigenvalue weighted by molar-refractivity contribution is 4.78. The van der Waals surface area contributed by atoms with Gasteiger partial charge in [0.2, 0.25) is 0 Å². The molecule has 0 amide bonds. The van der Waals surface area contributed by atoms with Crippen molar-refractivity contribution in [2.24, 2.45) is 0 Å². The van der Waals surface area contributed by atoms with E-state index in [1.807, 2.05) is 0 Å². The fraction of sp³-hybridized carbons (Fsp3) is 1.00. The number of hydrogen-bond donors (Lipinski definition) is 0. The van der Waals surface area contributed by atoms with Crippen molar-refractivity contribution in [3.8, 4) is 0 Å². The molecule has 1 saturated heterocycles. The van der Waals surface area contributed by atoms with Crippen LogP contribution in [-0.2, 0) is 0 Å². The molecule has 1 heterocycles. The molecule has 0 radical (unpaired) electrons. The first-order chi connectivity index (χ1) is 6.56. The summed E-state index contributed by atoms with van der Waals surface area (Å²) in [6.45, 7) is 13.8. The van der Waals surface area contributed by atoms with Gasteiger partial charge in [0, 0.05) is 45.3 Å². The third-order valence-electron chi connectivity index (χ3n) is 3.25. The Hall–Kier alpha value is -0.120. The molecule has 1 rings (SSSR count). The summed E-state index contributed by atoms with van der Waals surface area (Å²) in [5.74, 6) is 0. The average Bonchev–Trinajstić information content (AvgIpc) is 2.16. The van der Waals surface area contributed by atoms with Crippen molar-refractivity contribution in [1.82, 2.24) is 14.9 Å². The van der Waals surface area contributed by atoms with E-state index < -0.39 is 0 Å². The summed E-state index contributed by atoms with van der Waals surface area (Å²) in [5, 5.41) is 4.82. The van der Waals surface area contributed by atoms with Crippen LogP contribution in [0, 0.1) is 0 Å². The van der Waals surface area contributed by atoms with Gasteiger partial charge in [-0.15, -0.1) is 0 Å². The zero-order chi connectivity index (χ0) is 10.7. The second-order valence-electron chi connectivity index (χ2n) is 4.57. The molecular formula is C11H25N3. The highest BCUT2D eigenvalue weighted by atomic mass is 15.6. The highest BCUT2D eigenvalue weighted by Gasteiger charge is 2.26. The SMILES string of the molecule is CCN(C)N1CCN(C(C)C)C[C@@H]1C. The van der Waals surface area contributed by atoms with Gasteiger partial charge in [-0.05, 0) is 20.8 Å². The number of rotatable bonds is 3. The van der Waals surface area contributed by atoms with Gasteiger partial charge < -0.3 is 0 Å². The molecule has 14 heavy (non-hydrogen) atoms. The number of hydrazine groups is 1. The molecule has 0 unspecified atom stereocenters. The Bertz CT molecular complexity index is 170. The number of nitrogens with zero attached hydrogens (tertiary/aromatic N) is 3. The molecule has 0 aromatic carbocycles. The summed E-state index contributed by atoms with van der Waals surface area (Å²) in [5.41, 5.74) is 0. The average molecular weight is 199 g/mol. The van der Waals surface area contributed by atoms with Gasteiger partial charge in [0.25, 0.3) is 0 Å². The third-order valence-corrected chi connectivity index (χ3v) is 3.25. The predicted molar refractivity (Wildman–Crippen MR) is 61.2 cm³/mol. The van der Waals surface area contributed by atoms with Gasteiger partial charge in [-0.1, -0.05) is 6.92 Å². The summed E-state index contributed by atoms with van der Waals surface area (Å²) in [6.07, 6.45) is 0. The van der Waals surface area contributed by atoms with Crippen molar-refractivity contribution in [3.05, 3.63) is 0 Å². The predicted octanol–water partition coefficient (Wildman–Crippen LogP) is 1.27. The van der Waals surface area contributed by atoms with Gasteiger partial charge in [0.1, 0.15) is 0 Å². The molecule has 0 aromatic rings. The maximum atomic E-state index is 2.56. The second kappa shape index (κ2) is 5.10. The molecular weight excluding hydrogens is 174 g/mol. The molecule has 1 aliphatic rings.